The first-order valence-corrected chi connectivity index (χ1v) is 27.0. The van der Waals surface area contributed by atoms with Gasteiger partial charge >= 0.3 is 17.9 Å². The summed E-state index contributed by atoms with van der Waals surface area (Å²) < 4.78 is 15.8. The Morgan fingerprint density at radius 1 is 0.269 bits per heavy atom. The van der Waals surface area contributed by atoms with E-state index in [9.17, 15) is 14.4 Å². The van der Waals surface area contributed by atoms with Crippen molar-refractivity contribution in [1.29, 1.82) is 0 Å². The first-order valence-electron chi connectivity index (χ1n) is 27.0. The Labute approximate surface area is 457 Å². The molecule has 9 N–H and O–H groups in total. The van der Waals surface area contributed by atoms with Crippen LogP contribution in [-0.2, 0) is 14.2 Å². The van der Waals surface area contributed by atoms with Crippen molar-refractivity contribution in [2.45, 2.75) is 145 Å². The predicted octanol–water partition coefficient (Wildman–Crippen LogP) is 15.1. The Bertz CT molecular complexity index is 3660. The molecule has 9 heterocycles. The summed E-state index contributed by atoms with van der Waals surface area (Å²) in [5, 5.41) is 0. The van der Waals surface area contributed by atoms with E-state index in [-0.39, 0.29) is 17.9 Å². The van der Waals surface area contributed by atoms with E-state index in [1.807, 2.05) is 68.5 Å². The largest absolute Gasteiger partial charge is 0.461 e. The van der Waals surface area contributed by atoms with E-state index in [0.29, 0.717) is 36.9 Å². The first kappa shape index (κ1) is 56.1. The molecule has 0 aliphatic rings. The monoisotopic (exact) mass is 1060 g/mol. The molecule has 0 amide bonds. The summed E-state index contributed by atoms with van der Waals surface area (Å²) in [6.07, 6.45) is 2.03. The van der Waals surface area contributed by atoms with Crippen molar-refractivity contribution in [3.8, 4) is 79.7 Å². The molecule has 0 saturated carbocycles. The quantitative estimate of drug-likeness (QED) is 0.0403. The number of nitrogens with one attached hydrogen (secondary N) is 9. The molecular formula is C63H79N9O6. The highest BCUT2D eigenvalue weighted by atomic mass is 16.5. The molecule has 9 rings (SSSR count). The van der Waals surface area contributed by atoms with Gasteiger partial charge in [-0.1, -0.05) is 0 Å². The van der Waals surface area contributed by atoms with Gasteiger partial charge in [0.25, 0.3) is 0 Å². The average Bonchev–Trinajstić information content (AvgIpc) is 4.43. The number of carbonyl (C=O) groups excluding carboxylic acids is 3. The van der Waals surface area contributed by atoms with Gasteiger partial charge in [0.15, 0.2) is 0 Å². The van der Waals surface area contributed by atoms with Gasteiger partial charge in [0.1, 0.15) is 17.1 Å². The zero-order valence-electron chi connectivity index (χ0n) is 49.6. The number of aromatic nitrogens is 9. The second kappa shape index (κ2) is 21.4. The topological polar surface area (TPSA) is 221 Å². The Kier molecular flexibility index (Phi) is 15.4. The van der Waals surface area contributed by atoms with Crippen LogP contribution < -0.4 is 0 Å². The summed E-state index contributed by atoms with van der Waals surface area (Å²) in [5.74, 6) is -0.993. The zero-order valence-corrected chi connectivity index (χ0v) is 49.6. The normalized spacial score (nSPS) is 11.4. The second-order valence-electron chi connectivity index (χ2n) is 21.1. The molecule has 0 radical (unpaired) electrons. The molecule has 9 aromatic heterocycles. The van der Waals surface area contributed by atoms with Crippen LogP contribution in [0.4, 0.5) is 0 Å². The smallest absolute Gasteiger partial charge is 0.355 e. The van der Waals surface area contributed by atoms with Crippen LogP contribution in [0.5, 0.6) is 0 Å². The van der Waals surface area contributed by atoms with Crippen LogP contribution in [0.2, 0.25) is 0 Å². The van der Waals surface area contributed by atoms with Crippen molar-refractivity contribution < 1.29 is 28.6 Å². The molecule has 0 saturated heterocycles. The molecule has 15 nitrogen and oxygen atoms in total. The van der Waals surface area contributed by atoms with Crippen molar-refractivity contribution in [2.24, 2.45) is 0 Å². The minimum Gasteiger partial charge on any atom is -0.461 e. The fourth-order valence-electron chi connectivity index (χ4n) is 10.8. The maximum absolute atomic E-state index is 12.7. The maximum Gasteiger partial charge on any atom is 0.355 e. The molecule has 0 aliphatic heterocycles. The predicted molar refractivity (Wildman–Crippen MR) is 313 cm³/mol. The van der Waals surface area contributed by atoms with Gasteiger partial charge in [0.2, 0.25) is 0 Å². The molecule has 0 atom stereocenters. The number of hydrogen-bond acceptors (Lipinski definition) is 6. The van der Waals surface area contributed by atoms with Crippen LogP contribution in [0, 0.1) is 125 Å². The Balaban J connectivity index is 0.000000258. The van der Waals surface area contributed by atoms with Gasteiger partial charge in [0.05, 0.1) is 99.5 Å². The van der Waals surface area contributed by atoms with Crippen molar-refractivity contribution in [2.75, 3.05) is 19.8 Å². The number of esters is 3. The summed E-state index contributed by atoms with van der Waals surface area (Å²) in [5.41, 5.74) is 35.4. The fraction of sp³-hybridized carbons (Fsp3) is 0.381. The van der Waals surface area contributed by atoms with E-state index in [1.54, 1.807) is 0 Å². The van der Waals surface area contributed by atoms with Crippen LogP contribution in [0.1, 0.15) is 152 Å². The summed E-state index contributed by atoms with van der Waals surface area (Å²) in [6, 6.07) is 0. The van der Waals surface area contributed by atoms with Crippen LogP contribution in [0.3, 0.4) is 0 Å². The molecule has 412 valence electrons. The lowest BCUT2D eigenvalue weighted by Crippen LogP contribution is -2.06. The van der Waals surface area contributed by atoms with Crippen molar-refractivity contribution in [1.82, 2.24) is 44.9 Å². The van der Waals surface area contributed by atoms with Crippen LogP contribution >= 0.6 is 0 Å². The molecule has 78 heavy (non-hydrogen) atoms. The van der Waals surface area contributed by atoms with Gasteiger partial charge in [0, 0.05) is 6.20 Å². The molecule has 0 bridgehead atoms. The number of aryl methyl sites for hydroxylation is 1. The third-order valence-corrected chi connectivity index (χ3v) is 17.1. The number of H-pyrrole nitrogens is 9. The number of hydrogen-bond donors (Lipinski definition) is 9. The summed E-state index contributed by atoms with van der Waals surface area (Å²) >= 11 is 0. The number of rotatable bonds is 13. The lowest BCUT2D eigenvalue weighted by atomic mass is 10.0. The lowest BCUT2D eigenvalue weighted by Gasteiger charge is -2.02. The third-order valence-electron chi connectivity index (χ3n) is 17.1. The number of carbonyl (C=O) groups is 3. The highest BCUT2D eigenvalue weighted by Crippen LogP contribution is 2.43. The Hall–Kier alpha value is -8.07. The first-order chi connectivity index (χ1) is 36.8. The third kappa shape index (κ3) is 9.19. The minimum absolute atomic E-state index is 0.309. The van der Waals surface area contributed by atoms with Crippen LogP contribution in [0.25, 0.3) is 79.7 Å². The van der Waals surface area contributed by atoms with Gasteiger partial charge in [-0.2, -0.15) is 0 Å². The standard InChI is InChI=1S/C42H52N6O4.C21H27N3O2/c1-15-51-41(49)39-27(13)25(11)37(47-39)35-23(9)21(7)33(45-35)31-19(5)17(3)29(43-31)30-18(4)20(6)32(44-30)34-22(8)24(10)36(46-34)38-26(12)28(14)40(48-38)42(50)52-16-2;1-8-26-21(25)20-15(7)14(6)19(24-20)18-13(5)12(4)17(23-18)16-11(3)10(2)9-22-16/h43-48H,15-16H2,1-14H3;9,22-24H,8H2,1-7H3. The molecule has 0 spiro atoms. The lowest BCUT2D eigenvalue weighted by molar-refractivity contribution is 0.0510. The van der Waals surface area contributed by atoms with Crippen LogP contribution in [0.15, 0.2) is 6.20 Å². The van der Waals surface area contributed by atoms with Crippen molar-refractivity contribution in [3.05, 3.63) is 123 Å². The molecular weight excluding hydrogens is 979 g/mol. The highest BCUT2D eigenvalue weighted by molar-refractivity contribution is 5.94. The maximum atomic E-state index is 12.7. The van der Waals surface area contributed by atoms with E-state index in [2.05, 4.69) is 128 Å². The second-order valence-corrected chi connectivity index (χ2v) is 21.1. The van der Waals surface area contributed by atoms with Gasteiger partial charge in [-0.15, -0.1) is 0 Å². The highest BCUT2D eigenvalue weighted by Gasteiger charge is 2.29. The Morgan fingerprint density at radius 2 is 0.449 bits per heavy atom. The summed E-state index contributed by atoms with van der Waals surface area (Å²) in [6.45, 7) is 44.0. The fourth-order valence-corrected chi connectivity index (χ4v) is 10.8. The number of ether oxygens (including phenoxy) is 3. The van der Waals surface area contributed by atoms with E-state index in [1.165, 1.54) is 33.4 Å². The number of aromatic amines is 9. The Morgan fingerprint density at radius 3 is 0.628 bits per heavy atom. The van der Waals surface area contributed by atoms with E-state index in [0.717, 1.165) is 146 Å². The molecule has 0 fully saturated rings. The zero-order chi connectivity index (χ0) is 57.3. The van der Waals surface area contributed by atoms with Gasteiger partial charge in [-0.25, -0.2) is 14.4 Å². The van der Waals surface area contributed by atoms with E-state index >= 15 is 0 Å². The molecule has 9 aromatic rings. The summed E-state index contributed by atoms with van der Waals surface area (Å²) in [7, 11) is 0. The summed E-state index contributed by atoms with van der Waals surface area (Å²) in [4.78, 5) is 69.6. The molecule has 15 heteroatoms. The average molecular weight is 1060 g/mol. The van der Waals surface area contributed by atoms with Gasteiger partial charge in [-0.3, -0.25) is 0 Å². The van der Waals surface area contributed by atoms with Gasteiger partial charge in [-0.05, 0) is 246 Å². The minimum atomic E-state index is -0.342. The van der Waals surface area contributed by atoms with Crippen LogP contribution in [-0.4, -0.2) is 82.6 Å². The van der Waals surface area contributed by atoms with E-state index < -0.39 is 0 Å². The molecule has 0 aliphatic carbocycles. The molecule has 0 unspecified atom stereocenters. The SMILES string of the molecule is CCOC(=O)c1[nH]c(-c2[nH]c(-c3[nH]c(-c4[nH]c(-c5[nH]c(-c6[nH]c(C(=O)OCC)c(C)c6C)c(C)c5C)c(C)c4C)c(C)c3C)c(C)c2C)c(C)c1C.CCOC(=O)c1[nH]c(-c2[nH]c(-c3[nH]cc(C)c3C)c(C)c2C)c(C)c1C. The molecule has 0 aromatic carbocycles. The van der Waals surface area contributed by atoms with Crippen molar-refractivity contribution >= 4 is 17.9 Å². The van der Waals surface area contributed by atoms with E-state index in [4.69, 9.17) is 14.2 Å². The van der Waals surface area contributed by atoms with Gasteiger partial charge < -0.3 is 59.1 Å². The van der Waals surface area contributed by atoms with Crippen molar-refractivity contribution in [3.63, 3.8) is 0 Å².